The molecule has 2 aromatic rings. The third kappa shape index (κ3) is 3.34. The van der Waals surface area contributed by atoms with Crippen molar-refractivity contribution >= 4 is 11.6 Å². The second-order valence-electron chi connectivity index (χ2n) is 4.71. The number of benzene rings is 2. The molecule has 2 heteroatoms. The second kappa shape index (κ2) is 6.03. The fraction of sp³-hybridized carbons (Fsp3) is 0.250. The van der Waals surface area contributed by atoms with Crippen LogP contribution in [0.15, 0.2) is 54.6 Å². The Balaban J connectivity index is 2.21. The van der Waals surface area contributed by atoms with Crippen LogP contribution in [0.2, 0.25) is 5.02 Å². The van der Waals surface area contributed by atoms with Gasteiger partial charge in [0, 0.05) is 17.0 Å². The molecule has 2 atom stereocenters. The standard InChI is InChI=1S/C16H18ClN/c1-12(18)16(11-13-5-3-2-4-6-13)14-7-9-15(17)10-8-14/h2-10,12,16H,11,18H2,1H3/t12-,16+/m0/s1. The first-order valence-corrected chi connectivity index (χ1v) is 6.59. The van der Waals surface area contributed by atoms with Gasteiger partial charge in [0.25, 0.3) is 0 Å². The van der Waals surface area contributed by atoms with Crippen LogP contribution in [-0.2, 0) is 6.42 Å². The van der Waals surface area contributed by atoms with Crippen molar-refractivity contribution in [3.05, 3.63) is 70.7 Å². The molecule has 0 saturated heterocycles. The molecular formula is C16H18ClN. The summed E-state index contributed by atoms with van der Waals surface area (Å²) in [6, 6.07) is 18.6. The predicted octanol–water partition coefficient (Wildman–Crippen LogP) is 4.01. The fourth-order valence-electron chi connectivity index (χ4n) is 2.19. The lowest BCUT2D eigenvalue weighted by atomic mass is 9.87. The van der Waals surface area contributed by atoms with Gasteiger partial charge in [-0.2, -0.15) is 0 Å². The molecule has 0 radical (unpaired) electrons. The van der Waals surface area contributed by atoms with E-state index in [0.29, 0.717) is 5.92 Å². The van der Waals surface area contributed by atoms with Crippen LogP contribution in [0.3, 0.4) is 0 Å². The minimum atomic E-state index is 0.117. The zero-order valence-corrected chi connectivity index (χ0v) is 11.3. The highest BCUT2D eigenvalue weighted by Crippen LogP contribution is 2.24. The van der Waals surface area contributed by atoms with Crippen LogP contribution in [-0.4, -0.2) is 6.04 Å². The Hall–Kier alpha value is -1.31. The topological polar surface area (TPSA) is 26.0 Å². The molecule has 18 heavy (non-hydrogen) atoms. The molecule has 0 unspecified atom stereocenters. The van der Waals surface area contributed by atoms with Crippen molar-refractivity contribution in [1.82, 2.24) is 0 Å². The summed E-state index contributed by atoms with van der Waals surface area (Å²) in [7, 11) is 0. The minimum Gasteiger partial charge on any atom is -0.327 e. The van der Waals surface area contributed by atoms with Crippen LogP contribution < -0.4 is 5.73 Å². The van der Waals surface area contributed by atoms with E-state index in [9.17, 15) is 0 Å². The lowest BCUT2D eigenvalue weighted by Crippen LogP contribution is -2.26. The van der Waals surface area contributed by atoms with E-state index in [0.717, 1.165) is 11.4 Å². The van der Waals surface area contributed by atoms with E-state index in [1.807, 2.05) is 18.2 Å². The Bertz CT molecular complexity index is 476. The summed E-state index contributed by atoms with van der Waals surface area (Å²) < 4.78 is 0. The first-order chi connectivity index (χ1) is 8.66. The molecule has 94 valence electrons. The second-order valence-corrected chi connectivity index (χ2v) is 5.14. The summed E-state index contributed by atoms with van der Waals surface area (Å²) >= 11 is 5.92. The first kappa shape index (κ1) is 13.1. The largest absolute Gasteiger partial charge is 0.327 e. The lowest BCUT2D eigenvalue weighted by Gasteiger charge is -2.21. The van der Waals surface area contributed by atoms with Gasteiger partial charge in [0.2, 0.25) is 0 Å². The van der Waals surface area contributed by atoms with Crippen molar-refractivity contribution in [3.63, 3.8) is 0 Å². The van der Waals surface area contributed by atoms with Gasteiger partial charge < -0.3 is 5.73 Å². The van der Waals surface area contributed by atoms with E-state index in [1.165, 1.54) is 11.1 Å². The maximum absolute atomic E-state index is 6.12. The van der Waals surface area contributed by atoms with Gasteiger partial charge >= 0.3 is 0 Å². The van der Waals surface area contributed by atoms with Gasteiger partial charge in [-0.3, -0.25) is 0 Å². The monoisotopic (exact) mass is 259 g/mol. The highest BCUT2D eigenvalue weighted by atomic mass is 35.5. The zero-order chi connectivity index (χ0) is 13.0. The molecule has 0 bridgehead atoms. The maximum atomic E-state index is 6.12. The van der Waals surface area contributed by atoms with Gasteiger partial charge in [0.15, 0.2) is 0 Å². The van der Waals surface area contributed by atoms with Crippen molar-refractivity contribution in [2.24, 2.45) is 5.73 Å². The average molecular weight is 260 g/mol. The van der Waals surface area contributed by atoms with E-state index in [1.54, 1.807) is 0 Å². The third-order valence-electron chi connectivity index (χ3n) is 3.23. The first-order valence-electron chi connectivity index (χ1n) is 6.22. The molecule has 0 aliphatic rings. The normalized spacial score (nSPS) is 14.2. The molecular weight excluding hydrogens is 242 g/mol. The fourth-order valence-corrected chi connectivity index (χ4v) is 2.31. The molecule has 0 fully saturated rings. The van der Waals surface area contributed by atoms with Crippen LogP contribution >= 0.6 is 11.6 Å². The Morgan fingerprint density at radius 1 is 1.00 bits per heavy atom. The van der Waals surface area contributed by atoms with E-state index < -0.39 is 0 Å². The SMILES string of the molecule is C[C@H](N)[C@@H](Cc1ccccc1)c1ccc(Cl)cc1. The Morgan fingerprint density at radius 3 is 2.17 bits per heavy atom. The highest BCUT2D eigenvalue weighted by Gasteiger charge is 2.16. The molecule has 2 N–H and O–H groups in total. The Labute approximate surface area is 114 Å². The zero-order valence-electron chi connectivity index (χ0n) is 10.5. The van der Waals surface area contributed by atoms with Crippen LogP contribution in [0.5, 0.6) is 0 Å². The summed E-state index contributed by atoms with van der Waals surface area (Å²) in [6.07, 6.45) is 0.958. The van der Waals surface area contributed by atoms with E-state index in [2.05, 4.69) is 43.3 Å². The number of hydrogen-bond donors (Lipinski definition) is 1. The molecule has 0 spiro atoms. The van der Waals surface area contributed by atoms with Crippen LogP contribution in [0.4, 0.5) is 0 Å². The Kier molecular flexibility index (Phi) is 4.40. The number of nitrogens with two attached hydrogens (primary N) is 1. The number of halogens is 1. The molecule has 2 aromatic carbocycles. The summed E-state index contributed by atoms with van der Waals surface area (Å²) in [5.74, 6) is 0.324. The van der Waals surface area contributed by atoms with E-state index >= 15 is 0 Å². The average Bonchev–Trinajstić information content (AvgIpc) is 2.38. The van der Waals surface area contributed by atoms with Gasteiger partial charge in [-0.1, -0.05) is 54.1 Å². The minimum absolute atomic E-state index is 0.117. The number of hydrogen-bond acceptors (Lipinski definition) is 1. The van der Waals surface area contributed by atoms with Crippen molar-refractivity contribution in [1.29, 1.82) is 0 Å². The quantitative estimate of drug-likeness (QED) is 0.882. The van der Waals surface area contributed by atoms with E-state index in [4.69, 9.17) is 17.3 Å². The molecule has 0 aliphatic carbocycles. The van der Waals surface area contributed by atoms with Crippen LogP contribution in [0, 0.1) is 0 Å². The molecule has 0 amide bonds. The van der Waals surface area contributed by atoms with Gasteiger partial charge in [0.05, 0.1) is 0 Å². The predicted molar refractivity (Wildman–Crippen MR) is 78.0 cm³/mol. The molecule has 0 heterocycles. The van der Waals surface area contributed by atoms with Gasteiger partial charge in [-0.15, -0.1) is 0 Å². The van der Waals surface area contributed by atoms with Crippen molar-refractivity contribution in [2.75, 3.05) is 0 Å². The molecule has 2 rings (SSSR count). The summed E-state index contributed by atoms with van der Waals surface area (Å²) in [5.41, 5.74) is 8.68. The van der Waals surface area contributed by atoms with Gasteiger partial charge in [0.1, 0.15) is 0 Å². The third-order valence-corrected chi connectivity index (χ3v) is 3.48. The van der Waals surface area contributed by atoms with Crippen molar-refractivity contribution in [2.45, 2.75) is 25.3 Å². The Morgan fingerprint density at radius 2 is 1.61 bits per heavy atom. The summed E-state index contributed by atoms with van der Waals surface area (Å²) in [5, 5.41) is 0.766. The molecule has 0 aliphatic heterocycles. The van der Waals surface area contributed by atoms with Gasteiger partial charge in [-0.25, -0.2) is 0 Å². The van der Waals surface area contributed by atoms with Gasteiger partial charge in [-0.05, 0) is 36.6 Å². The van der Waals surface area contributed by atoms with E-state index in [-0.39, 0.29) is 6.04 Å². The smallest absolute Gasteiger partial charge is 0.0406 e. The van der Waals surface area contributed by atoms with Crippen molar-refractivity contribution < 1.29 is 0 Å². The number of rotatable bonds is 4. The van der Waals surface area contributed by atoms with Crippen LogP contribution in [0.1, 0.15) is 24.0 Å². The maximum Gasteiger partial charge on any atom is 0.0406 e. The summed E-state index contributed by atoms with van der Waals surface area (Å²) in [4.78, 5) is 0. The highest BCUT2D eigenvalue weighted by molar-refractivity contribution is 6.30. The van der Waals surface area contributed by atoms with Crippen molar-refractivity contribution in [3.8, 4) is 0 Å². The molecule has 1 nitrogen and oxygen atoms in total. The van der Waals surface area contributed by atoms with Crippen LogP contribution in [0.25, 0.3) is 0 Å². The molecule has 0 aromatic heterocycles. The lowest BCUT2D eigenvalue weighted by molar-refractivity contribution is 0.565. The molecule has 0 saturated carbocycles. The summed E-state index contributed by atoms with van der Waals surface area (Å²) in [6.45, 7) is 2.06.